The highest BCUT2D eigenvalue weighted by Gasteiger charge is 2.24. The van der Waals surface area contributed by atoms with Gasteiger partial charge in [-0.2, -0.15) is 0 Å². The molecule has 2 aromatic carbocycles. The molecular formula is C17H13Cl2N5O2. The van der Waals surface area contributed by atoms with Crippen molar-refractivity contribution in [3.05, 3.63) is 74.5 Å². The third kappa shape index (κ3) is 3.68. The molecule has 0 aliphatic carbocycles. The first-order valence-electron chi connectivity index (χ1n) is 7.50. The van der Waals surface area contributed by atoms with E-state index in [2.05, 4.69) is 20.6 Å². The summed E-state index contributed by atoms with van der Waals surface area (Å²) in [5.74, 6) is 0.0743. The number of nitrogens with zero attached hydrogens (tertiary/aromatic N) is 3. The summed E-state index contributed by atoms with van der Waals surface area (Å²) in [6, 6.07) is 12.3. The maximum atomic E-state index is 11.6. The molecule has 3 aromatic rings. The highest BCUT2D eigenvalue weighted by molar-refractivity contribution is 6.43. The van der Waals surface area contributed by atoms with Crippen molar-refractivity contribution in [2.24, 2.45) is 0 Å². The number of aromatic nitrogens is 2. The Bertz CT molecular complexity index is 981. The van der Waals surface area contributed by atoms with Crippen LogP contribution in [0.4, 0.5) is 28.7 Å². The van der Waals surface area contributed by atoms with E-state index < -0.39 is 4.92 Å². The van der Waals surface area contributed by atoms with Gasteiger partial charge in [-0.1, -0.05) is 47.5 Å². The molecule has 0 fully saturated rings. The van der Waals surface area contributed by atoms with Gasteiger partial charge in [-0.15, -0.1) is 0 Å². The number of hydrogen-bond acceptors (Lipinski definition) is 6. The van der Waals surface area contributed by atoms with Crippen LogP contribution in [0.3, 0.4) is 0 Å². The molecule has 0 radical (unpaired) electrons. The van der Waals surface area contributed by atoms with Crippen molar-refractivity contribution in [1.82, 2.24) is 9.97 Å². The van der Waals surface area contributed by atoms with Crippen molar-refractivity contribution in [3.63, 3.8) is 0 Å². The SMILES string of the molecule is Cc1ccccc1Nc1ncnc(Nc2cccc(Cl)c2Cl)c1[N+](=O)[O-]. The Morgan fingerprint density at radius 3 is 2.23 bits per heavy atom. The maximum absolute atomic E-state index is 11.6. The molecule has 0 bridgehead atoms. The minimum Gasteiger partial charge on any atom is -0.334 e. The van der Waals surface area contributed by atoms with Crippen LogP contribution < -0.4 is 10.6 Å². The molecule has 0 aliphatic heterocycles. The molecule has 1 aromatic heterocycles. The molecule has 7 nitrogen and oxygen atoms in total. The summed E-state index contributed by atoms with van der Waals surface area (Å²) in [6.45, 7) is 1.89. The predicted molar refractivity (Wildman–Crippen MR) is 103 cm³/mol. The van der Waals surface area contributed by atoms with Gasteiger partial charge >= 0.3 is 5.69 Å². The second-order valence-corrected chi connectivity index (χ2v) is 6.13. The van der Waals surface area contributed by atoms with E-state index in [4.69, 9.17) is 23.2 Å². The number of benzene rings is 2. The van der Waals surface area contributed by atoms with E-state index in [0.717, 1.165) is 5.56 Å². The summed E-state index contributed by atoms with van der Waals surface area (Å²) in [5.41, 5.74) is 1.74. The highest BCUT2D eigenvalue weighted by Crippen LogP contribution is 2.36. The van der Waals surface area contributed by atoms with Crippen molar-refractivity contribution < 1.29 is 4.92 Å². The van der Waals surface area contributed by atoms with Gasteiger partial charge in [0.2, 0.25) is 11.6 Å². The van der Waals surface area contributed by atoms with Gasteiger partial charge in [-0.3, -0.25) is 10.1 Å². The van der Waals surface area contributed by atoms with Crippen molar-refractivity contribution in [2.75, 3.05) is 10.6 Å². The van der Waals surface area contributed by atoms with Crippen LogP contribution >= 0.6 is 23.2 Å². The van der Waals surface area contributed by atoms with Crippen LogP contribution in [0.5, 0.6) is 0 Å². The van der Waals surface area contributed by atoms with Gasteiger partial charge in [-0.25, -0.2) is 9.97 Å². The third-order valence-corrected chi connectivity index (χ3v) is 4.43. The number of halogens is 2. The normalized spacial score (nSPS) is 10.4. The maximum Gasteiger partial charge on any atom is 0.353 e. The van der Waals surface area contributed by atoms with E-state index in [1.165, 1.54) is 6.33 Å². The smallest absolute Gasteiger partial charge is 0.334 e. The topological polar surface area (TPSA) is 93.0 Å². The lowest BCUT2D eigenvalue weighted by atomic mass is 10.2. The quantitative estimate of drug-likeness (QED) is 0.442. The number of rotatable bonds is 5. The van der Waals surface area contributed by atoms with Crippen LogP contribution in [-0.4, -0.2) is 14.9 Å². The van der Waals surface area contributed by atoms with Crippen LogP contribution in [0.25, 0.3) is 0 Å². The second kappa shape index (κ2) is 7.55. The predicted octanol–water partition coefficient (Wildman–Crippen LogP) is 5.49. The first-order chi connectivity index (χ1) is 12.5. The number of para-hydroxylation sites is 1. The van der Waals surface area contributed by atoms with Crippen LogP contribution in [0.1, 0.15) is 5.56 Å². The number of hydrogen-bond donors (Lipinski definition) is 2. The van der Waals surface area contributed by atoms with E-state index in [0.29, 0.717) is 16.4 Å². The van der Waals surface area contributed by atoms with E-state index >= 15 is 0 Å². The summed E-state index contributed by atoms with van der Waals surface area (Å²) < 4.78 is 0. The van der Waals surface area contributed by atoms with Gasteiger partial charge in [0.1, 0.15) is 6.33 Å². The Morgan fingerprint density at radius 2 is 1.58 bits per heavy atom. The molecule has 0 spiro atoms. The van der Waals surface area contributed by atoms with Gasteiger partial charge < -0.3 is 10.6 Å². The van der Waals surface area contributed by atoms with Gasteiger partial charge in [0.25, 0.3) is 0 Å². The Morgan fingerprint density at radius 1 is 0.962 bits per heavy atom. The fraction of sp³-hybridized carbons (Fsp3) is 0.0588. The number of nitrogens with one attached hydrogen (secondary N) is 2. The molecule has 2 N–H and O–H groups in total. The fourth-order valence-electron chi connectivity index (χ4n) is 2.30. The Balaban J connectivity index is 2.03. The summed E-state index contributed by atoms with van der Waals surface area (Å²) in [4.78, 5) is 19.1. The average molecular weight is 390 g/mol. The molecule has 0 amide bonds. The molecular weight excluding hydrogens is 377 g/mol. The molecule has 0 aliphatic rings. The van der Waals surface area contributed by atoms with Crippen molar-refractivity contribution >= 4 is 51.9 Å². The van der Waals surface area contributed by atoms with E-state index in [1.807, 2.05) is 31.2 Å². The minimum absolute atomic E-state index is 0.00486. The zero-order valence-electron chi connectivity index (χ0n) is 13.5. The summed E-state index contributed by atoms with van der Waals surface area (Å²) in [6.07, 6.45) is 1.23. The Labute approximate surface area is 159 Å². The molecule has 132 valence electrons. The van der Waals surface area contributed by atoms with Gasteiger partial charge in [-0.05, 0) is 30.7 Å². The number of nitro groups is 1. The highest BCUT2D eigenvalue weighted by atomic mass is 35.5. The summed E-state index contributed by atoms with van der Waals surface area (Å²) in [5, 5.41) is 18.1. The lowest BCUT2D eigenvalue weighted by Crippen LogP contribution is -2.06. The van der Waals surface area contributed by atoms with E-state index in [-0.39, 0.29) is 22.3 Å². The zero-order valence-corrected chi connectivity index (χ0v) is 15.0. The third-order valence-electron chi connectivity index (χ3n) is 3.61. The summed E-state index contributed by atoms with van der Waals surface area (Å²) in [7, 11) is 0. The van der Waals surface area contributed by atoms with E-state index in [1.54, 1.807) is 18.2 Å². The molecule has 0 unspecified atom stereocenters. The van der Waals surface area contributed by atoms with E-state index in [9.17, 15) is 10.1 Å². The minimum atomic E-state index is -0.554. The lowest BCUT2D eigenvalue weighted by molar-refractivity contribution is -0.383. The molecule has 26 heavy (non-hydrogen) atoms. The largest absolute Gasteiger partial charge is 0.353 e. The van der Waals surface area contributed by atoms with Crippen LogP contribution in [-0.2, 0) is 0 Å². The number of aryl methyl sites for hydroxylation is 1. The standard InChI is InChI=1S/C17H13Cl2N5O2/c1-10-5-2-3-7-12(10)22-16-15(24(25)26)17(21-9-20-16)23-13-8-4-6-11(18)14(13)19/h2-9H,1H3,(H2,20,21,22,23). The zero-order chi connectivity index (χ0) is 18.7. The molecule has 1 heterocycles. The molecule has 0 saturated carbocycles. The van der Waals surface area contributed by atoms with Gasteiger partial charge in [0, 0.05) is 5.69 Å². The number of anilines is 4. The van der Waals surface area contributed by atoms with Gasteiger partial charge in [0.15, 0.2) is 0 Å². The second-order valence-electron chi connectivity index (χ2n) is 5.34. The van der Waals surface area contributed by atoms with Crippen molar-refractivity contribution in [3.8, 4) is 0 Å². The average Bonchev–Trinajstić information content (AvgIpc) is 2.61. The Kier molecular flexibility index (Phi) is 5.20. The van der Waals surface area contributed by atoms with Crippen LogP contribution in [0.15, 0.2) is 48.8 Å². The molecule has 9 heteroatoms. The summed E-state index contributed by atoms with van der Waals surface area (Å²) >= 11 is 12.1. The lowest BCUT2D eigenvalue weighted by Gasteiger charge is -2.12. The molecule has 0 atom stereocenters. The molecule has 0 saturated heterocycles. The van der Waals surface area contributed by atoms with Crippen molar-refractivity contribution in [2.45, 2.75) is 6.92 Å². The first-order valence-corrected chi connectivity index (χ1v) is 8.26. The van der Waals surface area contributed by atoms with Crippen LogP contribution in [0, 0.1) is 17.0 Å². The van der Waals surface area contributed by atoms with Gasteiger partial charge in [0.05, 0.1) is 20.7 Å². The molecule has 3 rings (SSSR count). The first kappa shape index (κ1) is 17.9. The Hall–Kier alpha value is -2.90. The van der Waals surface area contributed by atoms with Crippen molar-refractivity contribution in [1.29, 1.82) is 0 Å². The van der Waals surface area contributed by atoms with Crippen LogP contribution in [0.2, 0.25) is 10.0 Å². The fourth-order valence-corrected chi connectivity index (χ4v) is 2.65. The monoisotopic (exact) mass is 389 g/mol.